The van der Waals surface area contributed by atoms with Crippen LogP contribution in [0, 0.1) is 0 Å². The first-order chi connectivity index (χ1) is 10.0. The molecule has 21 heavy (non-hydrogen) atoms. The van der Waals surface area contributed by atoms with Crippen molar-refractivity contribution in [2.45, 2.75) is 26.2 Å². The molecule has 110 valence electrons. The van der Waals surface area contributed by atoms with Gasteiger partial charge in [-0.05, 0) is 17.7 Å². The summed E-state index contributed by atoms with van der Waals surface area (Å²) in [6, 6.07) is 14.4. The van der Waals surface area contributed by atoms with Crippen LogP contribution in [0.1, 0.15) is 5.56 Å². The second kappa shape index (κ2) is 5.45. The Morgan fingerprint density at radius 3 is 2.38 bits per heavy atom. The third-order valence-corrected chi connectivity index (χ3v) is 5.63. The monoisotopic (exact) mass is 300 g/mol. The highest BCUT2D eigenvalue weighted by molar-refractivity contribution is 6.88. The summed E-state index contributed by atoms with van der Waals surface area (Å²) in [5.74, 6) is 2.33. The Balaban J connectivity index is 1.65. The first-order valence-corrected chi connectivity index (χ1v) is 10.6. The van der Waals surface area contributed by atoms with Gasteiger partial charge < -0.3 is 14.2 Å². The second-order valence-electron chi connectivity index (χ2n) is 6.25. The molecule has 0 saturated heterocycles. The van der Waals surface area contributed by atoms with Crippen LogP contribution in [0.25, 0.3) is 0 Å². The number of hydrogen-bond acceptors (Lipinski definition) is 3. The maximum Gasteiger partial charge on any atom is 0.231 e. The number of fused-ring (bicyclic) bond motifs is 1. The summed E-state index contributed by atoms with van der Waals surface area (Å²) in [4.78, 5) is 0. The Kier molecular flexibility index (Phi) is 3.63. The molecule has 2 aromatic rings. The van der Waals surface area contributed by atoms with Crippen molar-refractivity contribution in [3.63, 3.8) is 0 Å². The van der Waals surface area contributed by atoms with E-state index in [-0.39, 0.29) is 6.79 Å². The Morgan fingerprint density at radius 2 is 1.67 bits per heavy atom. The summed E-state index contributed by atoms with van der Waals surface area (Å²) in [5, 5.41) is 1.47. The van der Waals surface area contributed by atoms with Gasteiger partial charge in [0.15, 0.2) is 11.5 Å². The van der Waals surface area contributed by atoms with Gasteiger partial charge in [-0.2, -0.15) is 0 Å². The molecule has 0 fully saturated rings. The first kappa shape index (κ1) is 14.0. The summed E-state index contributed by atoms with van der Waals surface area (Å²) in [5.41, 5.74) is 1.18. The maximum atomic E-state index is 5.82. The van der Waals surface area contributed by atoms with Crippen LogP contribution in [-0.4, -0.2) is 14.9 Å². The van der Waals surface area contributed by atoms with Gasteiger partial charge in [-0.15, -0.1) is 0 Å². The maximum absolute atomic E-state index is 5.82. The molecule has 3 rings (SSSR count). The highest BCUT2D eigenvalue weighted by Gasteiger charge is 2.16. The Bertz CT molecular complexity index is 629. The van der Waals surface area contributed by atoms with Crippen LogP contribution in [0.4, 0.5) is 0 Å². The lowest BCUT2D eigenvalue weighted by Crippen LogP contribution is -2.37. The van der Waals surface area contributed by atoms with Crippen LogP contribution in [0.15, 0.2) is 42.5 Å². The van der Waals surface area contributed by atoms with E-state index in [4.69, 9.17) is 14.2 Å². The SMILES string of the molecule is C[Si](C)(C)c1ccc(COc2ccc3c(c2)OCO3)cc1. The highest BCUT2D eigenvalue weighted by Crippen LogP contribution is 2.35. The molecule has 1 aliphatic rings. The lowest BCUT2D eigenvalue weighted by Gasteiger charge is -2.16. The predicted molar refractivity (Wildman–Crippen MR) is 86.3 cm³/mol. The van der Waals surface area contributed by atoms with Gasteiger partial charge in [0.25, 0.3) is 0 Å². The van der Waals surface area contributed by atoms with Gasteiger partial charge in [0.2, 0.25) is 6.79 Å². The van der Waals surface area contributed by atoms with E-state index in [1.54, 1.807) is 0 Å². The van der Waals surface area contributed by atoms with Crippen molar-refractivity contribution in [2.75, 3.05) is 6.79 Å². The molecule has 2 aromatic carbocycles. The van der Waals surface area contributed by atoms with Crippen molar-refractivity contribution in [3.8, 4) is 17.2 Å². The molecule has 1 aliphatic heterocycles. The number of hydrogen-bond donors (Lipinski definition) is 0. The van der Waals surface area contributed by atoms with E-state index in [2.05, 4.69) is 43.9 Å². The topological polar surface area (TPSA) is 27.7 Å². The van der Waals surface area contributed by atoms with E-state index in [0.717, 1.165) is 17.2 Å². The minimum absolute atomic E-state index is 0.289. The molecule has 0 saturated carbocycles. The molecule has 0 aromatic heterocycles. The molecular weight excluding hydrogens is 280 g/mol. The number of rotatable bonds is 4. The van der Waals surface area contributed by atoms with Crippen LogP contribution in [-0.2, 0) is 6.61 Å². The zero-order chi connectivity index (χ0) is 14.9. The fraction of sp³-hybridized carbons (Fsp3) is 0.294. The fourth-order valence-corrected chi connectivity index (χ4v) is 3.40. The van der Waals surface area contributed by atoms with Crippen LogP contribution in [0.2, 0.25) is 19.6 Å². The smallest absolute Gasteiger partial charge is 0.231 e. The zero-order valence-corrected chi connectivity index (χ0v) is 13.7. The van der Waals surface area contributed by atoms with Crippen molar-refractivity contribution < 1.29 is 14.2 Å². The number of ether oxygens (including phenoxy) is 3. The van der Waals surface area contributed by atoms with Gasteiger partial charge in [0.1, 0.15) is 12.4 Å². The molecule has 0 amide bonds. The van der Waals surface area contributed by atoms with Crippen molar-refractivity contribution in [1.29, 1.82) is 0 Å². The standard InChI is InChI=1S/C17H20O3Si/c1-21(2,3)15-7-4-13(5-8-15)11-18-14-6-9-16-17(10-14)20-12-19-16/h4-10H,11-12H2,1-3H3. The minimum Gasteiger partial charge on any atom is -0.489 e. The van der Waals surface area contributed by atoms with E-state index in [0.29, 0.717) is 6.61 Å². The van der Waals surface area contributed by atoms with Crippen LogP contribution in [0.5, 0.6) is 17.2 Å². The van der Waals surface area contributed by atoms with E-state index >= 15 is 0 Å². The molecule has 0 atom stereocenters. The van der Waals surface area contributed by atoms with Gasteiger partial charge in [0, 0.05) is 6.07 Å². The van der Waals surface area contributed by atoms with Gasteiger partial charge in [-0.25, -0.2) is 0 Å². The molecule has 3 nitrogen and oxygen atoms in total. The quantitative estimate of drug-likeness (QED) is 0.808. The van der Waals surface area contributed by atoms with Crippen molar-refractivity contribution in [3.05, 3.63) is 48.0 Å². The molecule has 0 spiro atoms. The molecule has 0 bridgehead atoms. The van der Waals surface area contributed by atoms with E-state index < -0.39 is 8.07 Å². The van der Waals surface area contributed by atoms with Crippen LogP contribution < -0.4 is 19.4 Å². The van der Waals surface area contributed by atoms with Crippen molar-refractivity contribution in [1.82, 2.24) is 0 Å². The molecule has 0 radical (unpaired) electrons. The Hall–Kier alpha value is -1.94. The van der Waals surface area contributed by atoms with Gasteiger partial charge >= 0.3 is 0 Å². The summed E-state index contributed by atoms with van der Waals surface area (Å²) in [6.07, 6.45) is 0. The third kappa shape index (κ3) is 3.21. The Labute approximate surface area is 126 Å². The summed E-state index contributed by atoms with van der Waals surface area (Å²) >= 11 is 0. The molecule has 0 aliphatic carbocycles. The van der Waals surface area contributed by atoms with E-state index in [9.17, 15) is 0 Å². The van der Waals surface area contributed by atoms with Crippen molar-refractivity contribution >= 4 is 13.3 Å². The summed E-state index contributed by atoms with van der Waals surface area (Å²) in [7, 11) is -1.23. The predicted octanol–water partition coefficient (Wildman–Crippen LogP) is 3.54. The van der Waals surface area contributed by atoms with Crippen LogP contribution in [0.3, 0.4) is 0 Å². The molecule has 4 heteroatoms. The van der Waals surface area contributed by atoms with Gasteiger partial charge in [-0.1, -0.05) is 49.1 Å². The number of benzene rings is 2. The van der Waals surface area contributed by atoms with Crippen molar-refractivity contribution in [2.24, 2.45) is 0 Å². The molecule has 0 unspecified atom stereocenters. The lowest BCUT2D eigenvalue weighted by atomic mass is 10.2. The van der Waals surface area contributed by atoms with Crippen LogP contribution >= 0.6 is 0 Å². The summed E-state index contributed by atoms with van der Waals surface area (Å²) in [6.45, 7) is 7.91. The molecular formula is C17H20O3Si. The minimum atomic E-state index is -1.23. The summed E-state index contributed by atoms with van der Waals surface area (Å²) < 4.78 is 16.5. The second-order valence-corrected chi connectivity index (χ2v) is 11.3. The Morgan fingerprint density at radius 1 is 0.952 bits per heavy atom. The normalized spacial score (nSPS) is 13.3. The van der Waals surface area contributed by atoms with Gasteiger partial charge in [-0.3, -0.25) is 0 Å². The zero-order valence-electron chi connectivity index (χ0n) is 12.7. The average Bonchev–Trinajstić information content (AvgIpc) is 2.92. The highest BCUT2D eigenvalue weighted by atomic mass is 28.3. The largest absolute Gasteiger partial charge is 0.489 e. The molecule has 1 heterocycles. The first-order valence-electron chi connectivity index (χ1n) is 7.14. The lowest BCUT2D eigenvalue weighted by molar-refractivity contribution is 0.173. The third-order valence-electron chi connectivity index (χ3n) is 3.57. The van der Waals surface area contributed by atoms with Gasteiger partial charge in [0.05, 0.1) is 8.07 Å². The molecule has 0 N–H and O–H groups in total. The average molecular weight is 300 g/mol. The van der Waals surface area contributed by atoms with E-state index in [1.165, 1.54) is 10.8 Å². The van der Waals surface area contributed by atoms with E-state index in [1.807, 2.05) is 18.2 Å². The fourth-order valence-electron chi connectivity index (χ4n) is 2.23.